The average Bonchev–Trinajstić information content (AvgIpc) is 2.36. The van der Waals surface area contributed by atoms with Gasteiger partial charge in [0.25, 0.3) is 6.47 Å². The molecule has 6 heteroatoms. The van der Waals surface area contributed by atoms with Crippen molar-refractivity contribution in [2.75, 3.05) is 0 Å². The molecule has 0 N–H and O–H groups in total. The van der Waals surface area contributed by atoms with Gasteiger partial charge in [0.2, 0.25) is 0 Å². The average molecular weight is 270 g/mol. The van der Waals surface area contributed by atoms with Gasteiger partial charge in [0, 0.05) is 11.6 Å². The number of hydrogen-bond acceptors (Lipinski definition) is 2. The van der Waals surface area contributed by atoms with E-state index in [1.807, 2.05) is 0 Å². The number of carbonyl (C=O) groups is 1. The maximum atomic E-state index is 13.7. The van der Waals surface area contributed by atoms with Gasteiger partial charge in [-0.1, -0.05) is 0 Å². The summed E-state index contributed by atoms with van der Waals surface area (Å²) in [6, 6.07) is 4.64. The van der Waals surface area contributed by atoms with Gasteiger partial charge in [-0.3, -0.25) is 4.79 Å². The van der Waals surface area contributed by atoms with Crippen molar-refractivity contribution in [3.8, 4) is 16.9 Å². The first-order valence-corrected chi connectivity index (χ1v) is 5.07. The van der Waals surface area contributed by atoms with Crippen LogP contribution in [0.25, 0.3) is 11.1 Å². The van der Waals surface area contributed by atoms with Gasteiger partial charge in [-0.25, -0.2) is 17.6 Å². The standard InChI is InChI=1S/C13H6F4O2/c14-10-5-8(19-6-18)1-2-9(10)7-3-11(15)13(17)12(16)4-7/h1-6H. The SMILES string of the molecule is O=COc1ccc(-c2cc(F)c(F)c(F)c2)c(F)c1. The van der Waals surface area contributed by atoms with Crippen molar-refractivity contribution < 1.29 is 27.1 Å². The van der Waals surface area contributed by atoms with E-state index in [-0.39, 0.29) is 23.3 Å². The van der Waals surface area contributed by atoms with Crippen LogP contribution in [-0.2, 0) is 4.79 Å². The van der Waals surface area contributed by atoms with E-state index in [2.05, 4.69) is 4.74 Å². The molecule has 2 nitrogen and oxygen atoms in total. The van der Waals surface area contributed by atoms with Gasteiger partial charge in [-0.15, -0.1) is 0 Å². The lowest BCUT2D eigenvalue weighted by molar-refractivity contribution is -0.120. The highest BCUT2D eigenvalue weighted by atomic mass is 19.2. The molecule has 0 spiro atoms. The zero-order valence-electron chi connectivity index (χ0n) is 9.29. The summed E-state index contributed by atoms with van der Waals surface area (Å²) in [6.07, 6.45) is 0. The van der Waals surface area contributed by atoms with Crippen molar-refractivity contribution in [2.24, 2.45) is 0 Å². The molecular weight excluding hydrogens is 264 g/mol. The molecule has 19 heavy (non-hydrogen) atoms. The summed E-state index contributed by atoms with van der Waals surface area (Å²) < 4.78 is 57.0. The van der Waals surface area contributed by atoms with E-state index in [1.165, 1.54) is 12.1 Å². The van der Waals surface area contributed by atoms with Crippen molar-refractivity contribution in [1.29, 1.82) is 0 Å². The van der Waals surface area contributed by atoms with E-state index in [1.54, 1.807) is 0 Å². The minimum atomic E-state index is -1.62. The summed E-state index contributed by atoms with van der Waals surface area (Å²) in [4.78, 5) is 10.1. The lowest BCUT2D eigenvalue weighted by Crippen LogP contribution is -1.94. The van der Waals surface area contributed by atoms with Crippen LogP contribution in [0.4, 0.5) is 17.6 Å². The molecule has 2 aromatic carbocycles. The van der Waals surface area contributed by atoms with E-state index in [9.17, 15) is 22.4 Å². The van der Waals surface area contributed by atoms with E-state index in [0.717, 1.165) is 6.07 Å². The van der Waals surface area contributed by atoms with Gasteiger partial charge < -0.3 is 4.74 Å². The van der Waals surface area contributed by atoms with Gasteiger partial charge in [0.1, 0.15) is 11.6 Å². The van der Waals surface area contributed by atoms with Crippen molar-refractivity contribution in [2.45, 2.75) is 0 Å². The fourth-order valence-electron chi connectivity index (χ4n) is 1.57. The van der Waals surface area contributed by atoms with Gasteiger partial charge in [-0.05, 0) is 29.8 Å². The number of halogens is 4. The fourth-order valence-corrected chi connectivity index (χ4v) is 1.57. The Hall–Kier alpha value is -2.37. The first-order valence-electron chi connectivity index (χ1n) is 5.07. The highest BCUT2D eigenvalue weighted by molar-refractivity contribution is 5.65. The van der Waals surface area contributed by atoms with Crippen LogP contribution in [-0.4, -0.2) is 6.47 Å². The number of benzene rings is 2. The molecule has 2 rings (SSSR count). The third kappa shape index (κ3) is 2.57. The molecule has 0 saturated carbocycles. The minimum Gasteiger partial charge on any atom is -0.429 e. The highest BCUT2D eigenvalue weighted by Crippen LogP contribution is 2.28. The van der Waals surface area contributed by atoms with Gasteiger partial charge in [-0.2, -0.15) is 0 Å². The predicted molar refractivity (Wildman–Crippen MR) is 58.4 cm³/mol. The first-order chi connectivity index (χ1) is 9.02. The van der Waals surface area contributed by atoms with Gasteiger partial charge in [0.05, 0.1) is 0 Å². The highest BCUT2D eigenvalue weighted by Gasteiger charge is 2.14. The van der Waals surface area contributed by atoms with E-state index < -0.39 is 23.3 Å². The largest absolute Gasteiger partial charge is 0.429 e. The van der Waals surface area contributed by atoms with Crippen molar-refractivity contribution >= 4 is 6.47 Å². The van der Waals surface area contributed by atoms with Crippen molar-refractivity contribution in [3.63, 3.8) is 0 Å². The summed E-state index contributed by atoms with van der Waals surface area (Å²) in [5.74, 6) is -5.36. The Morgan fingerprint density at radius 1 is 0.895 bits per heavy atom. The van der Waals surface area contributed by atoms with E-state index >= 15 is 0 Å². The van der Waals surface area contributed by atoms with Crippen LogP contribution in [0.1, 0.15) is 0 Å². The molecule has 0 unspecified atom stereocenters. The Morgan fingerprint density at radius 3 is 2.05 bits per heavy atom. The molecule has 0 atom stereocenters. The molecule has 98 valence electrons. The Kier molecular flexibility index (Phi) is 3.50. The zero-order valence-corrected chi connectivity index (χ0v) is 9.29. The maximum Gasteiger partial charge on any atom is 0.298 e. The molecule has 2 aromatic rings. The molecule has 0 aliphatic carbocycles. The van der Waals surface area contributed by atoms with Crippen LogP contribution in [0.5, 0.6) is 5.75 Å². The molecule has 0 aliphatic rings. The number of rotatable bonds is 3. The second-order valence-corrected chi connectivity index (χ2v) is 3.61. The zero-order chi connectivity index (χ0) is 14.0. The number of carbonyl (C=O) groups excluding carboxylic acids is 1. The quantitative estimate of drug-likeness (QED) is 0.485. The third-order valence-corrected chi connectivity index (χ3v) is 2.42. The smallest absolute Gasteiger partial charge is 0.298 e. The summed E-state index contributed by atoms with van der Waals surface area (Å²) in [5.41, 5.74) is -0.303. The summed E-state index contributed by atoms with van der Waals surface area (Å²) in [7, 11) is 0. The molecule has 0 heterocycles. The van der Waals surface area contributed by atoms with Gasteiger partial charge >= 0.3 is 0 Å². The number of hydrogen-bond donors (Lipinski definition) is 0. The van der Waals surface area contributed by atoms with Crippen LogP contribution < -0.4 is 4.74 Å². The fraction of sp³-hybridized carbons (Fsp3) is 0. The van der Waals surface area contributed by atoms with Crippen LogP contribution in [0.3, 0.4) is 0 Å². The molecule has 0 bridgehead atoms. The Labute approximate surface area is 105 Å². The van der Waals surface area contributed by atoms with E-state index in [0.29, 0.717) is 12.1 Å². The normalized spacial score (nSPS) is 10.3. The lowest BCUT2D eigenvalue weighted by Gasteiger charge is -2.06. The predicted octanol–water partition coefficient (Wildman–Crippen LogP) is 3.45. The monoisotopic (exact) mass is 270 g/mol. The van der Waals surface area contributed by atoms with Crippen LogP contribution >= 0.6 is 0 Å². The van der Waals surface area contributed by atoms with Crippen molar-refractivity contribution in [3.05, 3.63) is 53.6 Å². The third-order valence-electron chi connectivity index (χ3n) is 2.42. The first kappa shape index (κ1) is 13.1. The van der Waals surface area contributed by atoms with Crippen molar-refractivity contribution in [1.82, 2.24) is 0 Å². The topological polar surface area (TPSA) is 26.3 Å². The van der Waals surface area contributed by atoms with Crippen LogP contribution in [0.2, 0.25) is 0 Å². The molecular formula is C13H6F4O2. The van der Waals surface area contributed by atoms with Crippen LogP contribution in [0, 0.1) is 23.3 Å². The Balaban J connectivity index is 2.50. The van der Waals surface area contributed by atoms with Gasteiger partial charge in [0.15, 0.2) is 17.5 Å². The molecule has 0 fully saturated rings. The number of ether oxygens (including phenoxy) is 1. The second kappa shape index (κ2) is 5.09. The molecule has 0 amide bonds. The summed E-state index contributed by atoms with van der Waals surface area (Å²) in [6.45, 7) is 0.117. The van der Waals surface area contributed by atoms with E-state index in [4.69, 9.17) is 0 Å². The summed E-state index contributed by atoms with van der Waals surface area (Å²) >= 11 is 0. The maximum absolute atomic E-state index is 13.7. The Morgan fingerprint density at radius 2 is 1.53 bits per heavy atom. The molecule has 0 aromatic heterocycles. The molecule has 0 aliphatic heterocycles. The molecule has 0 saturated heterocycles. The lowest BCUT2D eigenvalue weighted by atomic mass is 10.0. The minimum absolute atomic E-state index is 0.0562. The Bertz CT molecular complexity index is 618. The second-order valence-electron chi connectivity index (χ2n) is 3.61. The van der Waals surface area contributed by atoms with Crippen LogP contribution in [0.15, 0.2) is 30.3 Å². The molecule has 0 radical (unpaired) electrons. The summed E-state index contributed by atoms with van der Waals surface area (Å²) in [5, 5.41) is 0.